The molecule has 0 fully saturated rings. The van der Waals surface area contributed by atoms with Crippen molar-refractivity contribution in [2.45, 2.75) is 0 Å². The third kappa shape index (κ3) is 1.67. The zero-order chi connectivity index (χ0) is 13.6. The van der Waals surface area contributed by atoms with Crippen LogP contribution in [0.25, 0.3) is 0 Å². The van der Waals surface area contributed by atoms with Crippen molar-refractivity contribution in [1.82, 2.24) is 0 Å². The lowest BCUT2D eigenvalue weighted by atomic mass is 10.1. The van der Waals surface area contributed by atoms with Crippen LogP contribution in [0.15, 0.2) is 42.5 Å². The molecule has 0 saturated carbocycles. The van der Waals surface area contributed by atoms with Crippen molar-refractivity contribution in [3.63, 3.8) is 0 Å². The Bertz CT molecular complexity index is 694. The zero-order valence-corrected chi connectivity index (χ0v) is 9.63. The number of carbonyl (C=O) groups is 2. The van der Waals surface area contributed by atoms with Gasteiger partial charge in [-0.15, -0.1) is 0 Å². The van der Waals surface area contributed by atoms with Crippen molar-refractivity contribution >= 4 is 17.5 Å². The summed E-state index contributed by atoms with van der Waals surface area (Å²) in [5.41, 5.74) is 0.571. The number of imide groups is 1. The summed E-state index contributed by atoms with van der Waals surface area (Å²) in [7, 11) is 0. The summed E-state index contributed by atoms with van der Waals surface area (Å²) in [5.74, 6) is -1.59. The van der Waals surface area contributed by atoms with E-state index in [9.17, 15) is 19.1 Å². The number of hydrogen-bond acceptors (Lipinski definition) is 3. The number of rotatable bonds is 1. The average Bonchev–Trinajstić information content (AvgIpc) is 2.63. The van der Waals surface area contributed by atoms with Crippen LogP contribution >= 0.6 is 0 Å². The molecule has 0 aromatic heterocycles. The van der Waals surface area contributed by atoms with E-state index in [-0.39, 0.29) is 16.9 Å². The third-order valence-corrected chi connectivity index (χ3v) is 2.96. The summed E-state index contributed by atoms with van der Waals surface area (Å²) in [4.78, 5) is 25.2. The minimum absolute atomic E-state index is 0.0337. The summed E-state index contributed by atoms with van der Waals surface area (Å²) in [6.45, 7) is 0. The summed E-state index contributed by atoms with van der Waals surface area (Å²) < 4.78 is 13.1. The SMILES string of the molecule is O=C1c2ccc(F)cc2C(=O)N1c1ccc(O)cc1. The van der Waals surface area contributed by atoms with E-state index in [1.54, 1.807) is 0 Å². The van der Waals surface area contributed by atoms with Gasteiger partial charge in [0.1, 0.15) is 11.6 Å². The van der Waals surface area contributed by atoms with Gasteiger partial charge in [-0.2, -0.15) is 0 Å². The maximum Gasteiger partial charge on any atom is 0.266 e. The number of nitrogens with zero attached hydrogens (tertiary/aromatic N) is 1. The Balaban J connectivity index is 2.10. The number of phenolic OH excluding ortho intramolecular Hbond substituents is 1. The predicted molar refractivity (Wildman–Crippen MR) is 65.6 cm³/mol. The fourth-order valence-electron chi connectivity index (χ4n) is 2.05. The van der Waals surface area contributed by atoms with Gasteiger partial charge in [0.25, 0.3) is 11.8 Å². The maximum absolute atomic E-state index is 13.1. The highest BCUT2D eigenvalue weighted by molar-refractivity contribution is 6.34. The molecular formula is C14H8FNO3. The van der Waals surface area contributed by atoms with Gasteiger partial charge in [0.15, 0.2) is 0 Å². The number of fused-ring (bicyclic) bond motifs is 1. The fraction of sp³-hybridized carbons (Fsp3) is 0. The molecule has 2 aromatic rings. The van der Waals surface area contributed by atoms with Crippen LogP contribution < -0.4 is 4.90 Å². The first-order chi connectivity index (χ1) is 9.08. The highest BCUT2D eigenvalue weighted by Crippen LogP contribution is 2.29. The number of carbonyl (C=O) groups excluding carboxylic acids is 2. The Morgan fingerprint density at radius 2 is 1.53 bits per heavy atom. The number of amides is 2. The maximum atomic E-state index is 13.1. The monoisotopic (exact) mass is 257 g/mol. The summed E-state index contributed by atoms with van der Waals surface area (Å²) >= 11 is 0. The minimum Gasteiger partial charge on any atom is -0.508 e. The second kappa shape index (κ2) is 3.91. The van der Waals surface area contributed by atoms with Crippen LogP contribution in [0.2, 0.25) is 0 Å². The number of halogens is 1. The number of anilines is 1. The van der Waals surface area contributed by atoms with Crippen LogP contribution in [-0.4, -0.2) is 16.9 Å². The molecule has 1 heterocycles. The lowest BCUT2D eigenvalue weighted by Crippen LogP contribution is -2.29. The van der Waals surface area contributed by atoms with Gasteiger partial charge in [-0.3, -0.25) is 9.59 Å². The summed E-state index contributed by atoms with van der Waals surface area (Å²) in [6, 6.07) is 9.14. The van der Waals surface area contributed by atoms with Gasteiger partial charge in [-0.25, -0.2) is 9.29 Å². The molecule has 94 valence electrons. The molecular weight excluding hydrogens is 249 g/mol. The number of hydrogen-bond donors (Lipinski definition) is 1. The molecule has 1 aliphatic heterocycles. The first-order valence-corrected chi connectivity index (χ1v) is 5.55. The first-order valence-electron chi connectivity index (χ1n) is 5.55. The average molecular weight is 257 g/mol. The molecule has 0 atom stereocenters. The molecule has 19 heavy (non-hydrogen) atoms. The van der Waals surface area contributed by atoms with Gasteiger partial charge in [0, 0.05) is 0 Å². The van der Waals surface area contributed by atoms with Crippen molar-refractivity contribution in [2.24, 2.45) is 0 Å². The smallest absolute Gasteiger partial charge is 0.266 e. The molecule has 0 spiro atoms. The van der Waals surface area contributed by atoms with E-state index >= 15 is 0 Å². The third-order valence-electron chi connectivity index (χ3n) is 2.96. The first kappa shape index (κ1) is 11.4. The van der Waals surface area contributed by atoms with Crippen molar-refractivity contribution in [3.8, 4) is 5.75 Å². The molecule has 0 radical (unpaired) electrons. The molecule has 0 unspecified atom stereocenters. The molecule has 0 saturated heterocycles. The molecule has 1 aliphatic rings. The molecule has 2 amide bonds. The summed E-state index contributed by atoms with van der Waals surface area (Å²) in [6.07, 6.45) is 0. The second-order valence-electron chi connectivity index (χ2n) is 4.15. The van der Waals surface area contributed by atoms with Crippen molar-refractivity contribution in [1.29, 1.82) is 0 Å². The van der Waals surface area contributed by atoms with Gasteiger partial charge >= 0.3 is 0 Å². The van der Waals surface area contributed by atoms with Gasteiger partial charge in [-0.1, -0.05) is 0 Å². The van der Waals surface area contributed by atoms with E-state index < -0.39 is 17.6 Å². The van der Waals surface area contributed by atoms with Gasteiger partial charge < -0.3 is 5.11 Å². The van der Waals surface area contributed by atoms with Gasteiger partial charge in [0.2, 0.25) is 0 Å². The molecule has 0 aliphatic carbocycles. The highest BCUT2D eigenvalue weighted by Gasteiger charge is 2.36. The van der Waals surface area contributed by atoms with Gasteiger partial charge in [-0.05, 0) is 42.5 Å². The van der Waals surface area contributed by atoms with Crippen molar-refractivity contribution < 1.29 is 19.1 Å². The largest absolute Gasteiger partial charge is 0.508 e. The van der Waals surface area contributed by atoms with Crippen LogP contribution in [0, 0.1) is 5.82 Å². The normalized spacial score (nSPS) is 13.8. The van der Waals surface area contributed by atoms with E-state index in [4.69, 9.17) is 0 Å². The van der Waals surface area contributed by atoms with E-state index in [1.165, 1.54) is 30.3 Å². The van der Waals surface area contributed by atoms with Crippen LogP contribution in [0.4, 0.5) is 10.1 Å². The Morgan fingerprint density at radius 3 is 2.21 bits per heavy atom. The standard InChI is InChI=1S/C14H8FNO3/c15-8-1-6-11-12(7-8)14(19)16(13(11)18)9-2-4-10(17)5-3-9/h1-7,17H. The van der Waals surface area contributed by atoms with Gasteiger partial charge in [0.05, 0.1) is 16.8 Å². The molecule has 1 N–H and O–H groups in total. The Hall–Kier alpha value is -2.69. The molecule has 2 aromatic carbocycles. The van der Waals surface area contributed by atoms with Crippen LogP contribution in [-0.2, 0) is 0 Å². The van der Waals surface area contributed by atoms with E-state index in [0.29, 0.717) is 5.69 Å². The quantitative estimate of drug-likeness (QED) is 0.798. The van der Waals surface area contributed by atoms with Crippen LogP contribution in [0.1, 0.15) is 20.7 Å². The molecule has 0 bridgehead atoms. The number of aromatic hydroxyl groups is 1. The molecule has 5 heteroatoms. The molecule has 3 rings (SSSR count). The van der Waals surface area contributed by atoms with Crippen LogP contribution in [0.5, 0.6) is 5.75 Å². The number of benzene rings is 2. The Labute approximate surface area is 107 Å². The second-order valence-corrected chi connectivity index (χ2v) is 4.15. The predicted octanol–water partition coefficient (Wildman–Crippen LogP) is 2.33. The topological polar surface area (TPSA) is 57.6 Å². The van der Waals surface area contributed by atoms with E-state index in [0.717, 1.165) is 17.0 Å². The van der Waals surface area contributed by atoms with E-state index in [2.05, 4.69) is 0 Å². The lowest BCUT2D eigenvalue weighted by molar-refractivity contribution is 0.0926. The highest BCUT2D eigenvalue weighted by atomic mass is 19.1. The lowest BCUT2D eigenvalue weighted by Gasteiger charge is -2.13. The van der Waals surface area contributed by atoms with Crippen molar-refractivity contribution in [2.75, 3.05) is 4.90 Å². The Kier molecular flexibility index (Phi) is 2.35. The zero-order valence-electron chi connectivity index (χ0n) is 9.63. The Morgan fingerprint density at radius 1 is 0.895 bits per heavy atom. The van der Waals surface area contributed by atoms with Crippen LogP contribution in [0.3, 0.4) is 0 Å². The fourth-order valence-corrected chi connectivity index (χ4v) is 2.05. The summed E-state index contributed by atoms with van der Waals surface area (Å²) in [5, 5.41) is 9.20. The number of phenols is 1. The molecule has 4 nitrogen and oxygen atoms in total. The minimum atomic E-state index is -0.565. The van der Waals surface area contributed by atoms with E-state index in [1.807, 2.05) is 0 Å². The van der Waals surface area contributed by atoms with Crippen molar-refractivity contribution in [3.05, 3.63) is 59.4 Å².